The fraction of sp³-hybridized carbons (Fsp3) is 0.143. The molecule has 104 valence electrons. The second-order valence-electron chi connectivity index (χ2n) is 4.34. The first kappa shape index (κ1) is 15.0. The highest BCUT2D eigenvalue weighted by molar-refractivity contribution is 9.10. The van der Waals surface area contributed by atoms with Crippen LogP contribution in [0.25, 0.3) is 0 Å². The van der Waals surface area contributed by atoms with Crippen molar-refractivity contribution in [3.8, 4) is 0 Å². The number of benzene rings is 2. The summed E-state index contributed by atoms with van der Waals surface area (Å²) < 4.78 is 1.69. The van der Waals surface area contributed by atoms with E-state index in [2.05, 4.69) is 37.2 Å². The van der Waals surface area contributed by atoms with E-state index in [1.807, 2.05) is 31.2 Å². The number of halogens is 2. The number of nitrogens with one attached hydrogen (secondary N) is 1. The lowest BCUT2D eigenvalue weighted by atomic mass is 10.1. The molecule has 0 saturated heterocycles. The van der Waals surface area contributed by atoms with Crippen LogP contribution in [0.2, 0.25) is 0 Å². The summed E-state index contributed by atoms with van der Waals surface area (Å²) in [5, 5.41) is 14.3. The molecule has 6 heteroatoms. The standard InChI is InChI=1S/C14H12Br2N2O2/c1-9(10-2-4-11(15)5-3-10)17-13-7-6-12(16)8-14(13)18(19)20/h2-9,17H,1H3. The second kappa shape index (κ2) is 6.37. The number of nitro benzene ring substituents is 1. The molecular weight excluding hydrogens is 388 g/mol. The van der Waals surface area contributed by atoms with Gasteiger partial charge in [0.15, 0.2) is 0 Å². The molecule has 0 heterocycles. The molecular formula is C14H12Br2N2O2. The molecule has 1 atom stereocenters. The molecule has 0 radical (unpaired) electrons. The summed E-state index contributed by atoms with van der Waals surface area (Å²) >= 11 is 6.63. The van der Waals surface area contributed by atoms with Gasteiger partial charge in [-0.25, -0.2) is 0 Å². The van der Waals surface area contributed by atoms with Crippen molar-refractivity contribution in [1.29, 1.82) is 0 Å². The zero-order valence-corrected chi connectivity index (χ0v) is 13.8. The number of anilines is 1. The van der Waals surface area contributed by atoms with Gasteiger partial charge in [-0.05, 0) is 36.8 Å². The smallest absolute Gasteiger partial charge is 0.293 e. The fourth-order valence-electron chi connectivity index (χ4n) is 1.85. The molecule has 0 fully saturated rings. The SMILES string of the molecule is CC(Nc1ccc(Br)cc1[N+](=O)[O-])c1ccc(Br)cc1. The number of rotatable bonds is 4. The highest BCUT2D eigenvalue weighted by atomic mass is 79.9. The topological polar surface area (TPSA) is 55.2 Å². The van der Waals surface area contributed by atoms with Gasteiger partial charge in [0, 0.05) is 21.1 Å². The number of hydrogen-bond acceptors (Lipinski definition) is 3. The maximum atomic E-state index is 11.1. The minimum atomic E-state index is -0.388. The van der Waals surface area contributed by atoms with Gasteiger partial charge in [-0.1, -0.05) is 44.0 Å². The summed E-state index contributed by atoms with van der Waals surface area (Å²) in [7, 11) is 0. The third kappa shape index (κ3) is 3.58. The number of hydrogen-bond donors (Lipinski definition) is 1. The Morgan fingerprint density at radius 3 is 2.30 bits per heavy atom. The van der Waals surface area contributed by atoms with Gasteiger partial charge in [-0.2, -0.15) is 0 Å². The zero-order valence-electron chi connectivity index (χ0n) is 10.6. The van der Waals surface area contributed by atoms with Gasteiger partial charge in [0.1, 0.15) is 5.69 Å². The second-order valence-corrected chi connectivity index (χ2v) is 6.17. The predicted molar refractivity (Wildman–Crippen MR) is 87.0 cm³/mol. The van der Waals surface area contributed by atoms with Crippen molar-refractivity contribution in [1.82, 2.24) is 0 Å². The Morgan fingerprint density at radius 2 is 1.70 bits per heavy atom. The van der Waals surface area contributed by atoms with Crippen LogP contribution in [0.1, 0.15) is 18.5 Å². The molecule has 1 N–H and O–H groups in total. The lowest BCUT2D eigenvalue weighted by Gasteiger charge is -2.16. The third-order valence-electron chi connectivity index (χ3n) is 2.90. The van der Waals surface area contributed by atoms with E-state index in [-0.39, 0.29) is 16.7 Å². The maximum Gasteiger partial charge on any atom is 0.293 e. The largest absolute Gasteiger partial charge is 0.373 e. The minimum absolute atomic E-state index is 0.0250. The van der Waals surface area contributed by atoms with Crippen LogP contribution in [-0.2, 0) is 0 Å². The molecule has 0 bridgehead atoms. The highest BCUT2D eigenvalue weighted by Crippen LogP contribution is 2.31. The van der Waals surface area contributed by atoms with Gasteiger partial charge in [-0.15, -0.1) is 0 Å². The molecule has 1 unspecified atom stereocenters. The summed E-state index contributed by atoms with van der Waals surface area (Å²) in [4.78, 5) is 10.7. The quantitative estimate of drug-likeness (QED) is 0.561. The van der Waals surface area contributed by atoms with Gasteiger partial charge < -0.3 is 5.32 Å². The lowest BCUT2D eigenvalue weighted by Crippen LogP contribution is -2.08. The van der Waals surface area contributed by atoms with Crippen LogP contribution in [0, 0.1) is 10.1 Å². The Bertz CT molecular complexity index is 630. The zero-order chi connectivity index (χ0) is 14.7. The van der Waals surface area contributed by atoms with E-state index < -0.39 is 0 Å². The Morgan fingerprint density at radius 1 is 1.10 bits per heavy atom. The van der Waals surface area contributed by atoms with Crippen LogP contribution in [0.5, 0.6) is 0 Å². The van der Waals surface area contributed by atoms with Crippen LogP contribution in [0.3, 0.4) is 0 Å². The maximum absolute atomic E-state index is 11.1. The summed E-state index contributed by atoms with van der Waals surface area (Å²) in [6, 6.07) is 12.8. The molecule has 0 aromatic heterocycles. The molecule has 4 nitrogen and oxygen atoms in total. The fourth-order valence-corrected chi connectivity index (χ4v) is 2.46. The molecule has 2 rings (SSSR count). The average Bonchev–Trinajstić information content (AvgIpc) is 2.41. The molecule has 0 aliphatic rings. The van der Waals surface area contributed by atoms with E-state index in [0.29, 0.717) is 10.2 Å². The van der Waals surface area contributed by atoms with Crippen molar-refractivity contribution < 1.29 is 4.92 Å². The third-order valence-corrected chi connectivity index (χ3v) is 3.92. The lowest BCUT2D eigenvalue weighted by molar-refractivity contribution is -0.384. The van der Waals surface area contributed by atoms with Crippen LogP contribution < -0.4 is 5.32 Å². The molecule has 0 amide bonds. The monoisotopic (exact) mass is 398 g/mol. The van der Waals surface area contributed by atoms with Crippen molar-refractivity contribution >= 4 is 43.2 Å². The van der Waals surface area contributed by atoms with E-state index in [4.69, 9.17) is 0 Å². The molecule has 0 aliphatic carbocycles. The highest BCUT2D eigenvalue weighted by Gasteiger charge is 2.16. The molecule has 0 spiro atoms. The van der Waals surface area contributed by atoms with Crippen molar-refractivity contribution in [2.24, 2.45) is 0 Å². The molecule has 0 aliphatic heterocycles. The first-order valence-electron chi connectivity index (χ1n) is 5.93. The van der Waals surface area contributed by atoms with E-state index in [1.54, 1.807) is 12.1 Å². The van der Waals surface area contributed by atoms with Crippen molar-refractivity contribution in [2.45, 2.75) is 13.0 Å². The van der Waals surface area contributed by atoms with E-state index in [0.717, 1.165) is 10.0 Å². The van der Waals surface area contributed by atoms with Crippen molar-refractivity contribution in [2.75, 3.05) is 5.32 Å². The van der Waals surface area contributed by atoms with Gasteiger partial charge in [0.2, 0.25) is 0 Å². The molecule has 2 aromatic carbocycles. The summed E-state index contributed by atoms with van der Waals surface area (Å²) in [5.41, 5.74) is 1.63. The van der Waals surface area contributed by atoms with Gasteiger partial charge >= 0.3 is 0 Å². The number of nitro groups is 1. The molecule has 20 heavy (non-hydrogen) atoms. The molecule has 0 saturated carbocycles. The van der Waals surface area contributed by atoms with E-state index in [1.165, 1.54) is 6.07 Å². The minimum Gasteiger partial charge on any atom is -0.373 e. The van der Waals surface area contributed by atoms with E-state index in [9.17, 15) is 10.1 Å². The average molecular weight is 400 g/mol. The van der Waals surface area contributed by atoms with Gasteiger partial charge in [0.25, 0.3) is 5.69 Å². The Kier molecular flexibility index (Phi) is 4.77. The Labute approximate surface area is 133 Å². The van der Waals surface area contributed by atoms with Crippen LogP contribution in [-0.4, -0.2) is 4.92 Å². The Balaban J connectivity index is 2.25. The van der Waals surface area contributed by atoms with E-state index >= 15 is 0 Å². The van der Waals surface area contributed by atoms with Crippen molar-refractivity contribution in [3.05, 3.63) is 67.1 Å². The summed E-state index contributed by atoms with van der Waals surface area (Å²) in [5.74, 6) is 0. The first-order chi connectivity index (χ1) is 9.47. The van der Waals surface area contributed by atoms with Crippen molar-refractivity contribution in [3.63, 3.8) is 0 Å². The summed E-state index contributed by atoms with van der Waals surface area (Å²) in [6.07, 6.45) is 0. The summed E-state index contributed by atoms with van der Waals surface area (Å²) in [6.45, 7) is 1.97. The van der Waals surface area contributed by atoms with Crippen LogP contribution in [0.15, 0.2) is 51.4 Å². The number of nitrogens with zero attached hydrogens (tertiary/aromatic N) is 1. The van der Waals surface area contributed by atoms with Gasteiger partial charge in [-0.3, -0.25) is 10.1 Å². The van der Waals surface area contributed by atoms with Gasteiger partial charge in [0.05, 0.1) is 4.92 Å². The van der Waals surface area contributed by atoms with Crippen LogP contribution >= 0.6 is 31.9 Å². The predicted octanol–water partition coefficient (Wildman–Crippen LogP) is 5.29. The molecule has 2 aromatic rings. The Hall–Kier alpha value is -1.40. The first-order valence-corrected chi connectivity index (χ1v) is 7.52. The normalized spacial score (nSPS) is 11.9. The van der Waals surface area contributed by atoms with Crippen LogP contribution in [0.4, 0.5) is 11.4 Å².